The highest BCUT2D eigenvalue weighted by molar-refractivity contribution is 7.92. The number of hydrogen-bond donors (Lipinski definition) is 2. The van der Waals surface area contributed by atoms with Gasteiger partial charge in [0.15, 0.2) is 6.61 Å². The molecule has 1 aliphatic carbocycles. The third-order valence-corrected chi connectivity index (χ3v) is 8.33. The maximum atomic E-state index is 12.8. The first-order valence-corrected chi connectivity index (χ1v) is 14.6. The third kappa shape index (κ3) is 8.20. The summed E-state index contributed by atoms with van der Waals surface area (Å²) in [6.07, 6.45) is -4.57. The molecule has 0 spiro atoms. The quantitative estimate of drug-likeness (QED) is 0.389. The van der Waals surface area contributed by atoms with Gasteiger partial charge in [0.1, 0.15) is 16.6 Å². The van der Waals surface area contributed by atoms with Crippen LogP contribution in [-0.4, -0.2) is 95.9 Å². The lowest BCUT2D eigenvalue weighted by Crippen LogP contribution is -2.50. The van der Waals surface area contributed by atoms with Gasteiger partial charge in [0.05, 0.1) is 0 Å². The molecule has 2 aliphatic rings. The number of sulfonamides is 1. The van der Waals surface area contributed by atoms with Crippen LogP contribution in [0.25, 0.3) is 0 Å². The second kappa shape index (κ2) is 11.8. The lowest BCUT2D eigenvalue weighted by molar-refractivity contribution is -0.154. The SMILES string of the molecule is CC(C)(C)OC(=O)N1CCN(c2nc(Nc3ccc(C(=O)NS(=O)(=O)C4(C=O)CC4)cc3)nc(OCC(F)(F)F)n2)CC1. The van der Waals surface area contributed by atoms with Crippen LogP contribution in [0.1, 0.15) is 44.0 Å². The molecule has 1 aliphatic heterocycles. The normalized spacial score (nSPS) is 16.7. The van der Waals surface area contributed by atoms with Crippen LogP contribution in [0.4, 0.5) is 35.5 Å². The number of amides is 2. The first-order chi connectivity index (χ1) is 20.0. The van der Waals surface area contributed by atoms with Crippen molar-refractivity contribution in [1.29, 1.82) is 0 Å². The Hall–Kier alpha value is -4.22. The molecule has 0 unspecified atom stereocenters. The van der Waals surface area contributed by atoms with Gasteiger partial charge in [-0.3, -0.25) is 4.79 Å². The summed E-state index contributed by atoms with van der Waals surface area (Å²) in [5.41, 5.74) is -0.396. The highest BCUT2D eigenvalue weighted by atomic mass is 32.2. The molecule has 0 bridgehead atoms. The summed E-state index contributed by atoms with van der Waals surface area (Å²) < 4.78 is 73.6. The average Bonchev–Trinajstić information content (AvgIpc) is 3.73. The fourth-order valence-corrected chi connectivity index (χ4v) is 5.19. The minimum Gasteiger partial charge on any atom is -0.454 e. The minimum absolute atomic E-state index is 0.00361. The Labute approximate surface area is 245 Å². The molecule has 1 aromatic carbocycles. The Bertz CT molecular complexity index is 1470. The van der Waals surface area contributed by atoms with Gasteiger partial charge in [0.2, 0.25) is 21.9 Å². The van der Waals surface area contributed by atoms with Crippen LogP contribution in [0.15, 0.2) is 24.3 Å². The van der Waals surface area contributed by atoms with E-state index in [0.29, 0.717) is 12.0 Å². The van der Waals surface area contributed by atoms with E-state index in [-0.39, 0.29) is 56.5 Å². The molecule has 234 valence electrons. The summed E-state index contributed by atoms with van der Waals surface area (Å²) in [6, 6.07) is 4.80. The molecule has 0 radical (unpaired) electrons. The zero-order chi connectivity index (χ0) is 31.6. The van der Waals surface area contributed by atoms with Gasteiger partial charge in [0, 0.05) is 37.4 Å². The summed E-state index contributed by atoms with van der Waals surface area (Å²) in [5, 5.41) is 2.80. The number of nitrogens with zero attached hydrogens (tertiary/aromatic N) is 5. The van der Waals surface area contributed by atoms with Crippen LogP contribution in [0.2, 0.25) is 0 Å². The minimum atomic E-state index is -4.64. The van der Waals surface area contributed by atoms with Gasteiger partial charge in [-0.1, -0.05) is 0 Å². The monoisotopic (exact) mass is 629 g/mol. The van der Waals surface area contributed by atoms with Gasteiger partial charge in [-0.15, -0.1) is 0 Å². The molecule has 4 rings (SSSR count). The van der Waals surface area contributed by atoms with E-state index in [1.165, 1.54) is 29.2 Å². The highest BCUT2D eigenvalue weighted by Gasteiger charge is 2.55. The molecule has 1 saturated carbocycles. The number of alkyl halides is 3. The molecule has 0 atom stereocenters. The van der Waals surface area contributed by atoms with Crippen LogP contribution >= 0.6 is 0 Å². The predicted octanol–water partition coefficient (Wildman–Crippen LogP) is 2.40. The number of hydrogen-bond acceptors (Lipinski definition) is 12. The van der Waals surface area contributed by atoms with Crippen LogP contribution in [0.3, 0.4) is 0 Å². The second-order valence-corrected chi connectivity index (χ2v) is 12.9. The number of piperazine rings is 1. The maximum absolute atomic E-state index is 12.8. The van der Waals surface area contributed by atoms with Gasteiger partial charge < -0.3 is 29.4 Å². The standard InChI is InChI=1S/C25H30F3N7O7S/c1-23(2,3)42-22(38)35-12-10-34(11-13-35)20-30-19(31-21(32-20)41-15-25(26,27)28)29-17-6-4-16(5-7-17)18(37)33-43(39,40)24(14-36)8-9-24/h4-7,14H,8-13,15H2,1-3H3,(H,33,37)(H,29,30,31,32). The Balaban J connectivity index is 1.47. The van der Waals surface area contributed by atoms with Crippen molar-refractivity contribution < 1.29 is 45.4 Å². The second-order valence-electron chi connectivity index (χ2n) is 10.9. The Kier molecular flexibility index (Phi) is 8.71. The number of ether oxygens (including phenoxy) is 2. The number of benzene rings is 1. The fourth-order valence-electron chi connectivity index (χ4n) is 3.86. The topological polar surface area (TPSA) is 173 Å². The number of nitrogens with one attached hydrogen (secondary N) is 2. The third-order valence-electron chi connectivity index (χ3n) is 6.31. The summed E-state index contributed by atoms with van der Waals surface area (Å²) in [5.74, 6) is -1.10. The van der Waals surface area contributed by atoms with E-state index in [4.69, 9.17) is 9.47 Å². The molecule has 18 heteroatoms. The number of halogens is 3. The molecular formula is C25H30F3N7O7S. The fraction of sp³-hybridized carbons (Fsp3) is 0.520. The zero-order valence-electron chi connectivity index (χ0n) is 23.5. The Morgan fingerprint density at radius 3 is 2.19 bits per heavy atom. The Morgan fingerprint density at radius 1 is 1.02 bits per heavy atom. The zero-order valence-corrected chi connectivity index (χ0v) is 24.3. The van der Waals surface area contributed by atoms with Crippen molar-refractivity contribution in [2.45, 2.75) is 50.1 Å². The molecule has 14 nitrogen and oxygen atoms in total. The maximum Gasteiger partial charge on any atom is 0.422 e. The van der Waals surface area contributed by atoms with E-state index in [1.54, 1.807) is 25.7 Å². The molecule has 2 fully saturated rings. The number of anilines is 3. The molecule has 43 heavy (non-hydrogen) atoms. The van der Waals surface area contributed by atoms with Crippen molar-refractivity contribution in [3.63, 3.8) is 0 Å². The predicted molar refractivity (Wildman–Crippen MR) is 146 cm³/mol. The van der Waals surface area contributed by atoms with Crippen molar-refractivity contribution in [3.8, 4) is 6.01 Å². The van der Waals surface area contributed by atoms with E-state index < -0.39 is 51.2 Å². The molecule has 1 aromatic heterocycles. The first-order valence-electron chi connectivity index (χ1n) is 13.1. The van der Waals surface area contributed by atoms with Gasteiger partial charge >= 0.3 is 18.3 Å². The molecule has 1 saturated heterocycles. The van der Waals surface area contributed by atoms with E-state index in [1.807, 2.05) is 4.72 Å². The molecule has 2 N–H and O–H groups in total. The summed E-state index contributed by atoms with van der Waals surface area (Å²) in [4.78, 5) is 51.3. The van der Waals surface area contributed by atoms with E-state index >= 15 is 0 Å². The largest absolute Gasteiger partial charge is 0.454 e. The molecule has 2 amide bonds. The lowest BCUT2D eigenvalue weighted by Gasteiger charge is -2.35. The number of rotatable bonds is 9. The number of carbonyl (C=O) groups is 3. The van der Waals surface area contributed by atoms with Crippen molar-refractivity contribution in [2.24, 2.45) is 0 Å². The summed E-state index contributed by atoms with van der Waals surface area (Å²) in [7, 11) is -4.20. The van der Waals surface area contributed by atoms with E-state index in [2.05, 4.69) is 20.3 Å². The summed E-state index contributed by atoms with van der Waals surface area (Å²) >= 11 is 0. The summed E-state index contributed by atoms with van der Waals surface area (Å²) in [6.45, 7) is 4.59. The lowest BCUT2D eigenvalue weighted by atomic mass is 10.2. The molecule has 2 aromatic rings. The van der Waals surface area contributed by atoms with Crippen molar-refractivity contribution in [2.75, 3.05) is 43.0 Å². The van der Waals surface area contributed by atoms with Gasteiger partial charge in [-0.25, -0.2) is 17.9 Å². The Morgan fingerprint density at radius 2 is 1.65 bits per heavy atom. The smallest absolute Gasteiger partial charge is 0.422 e. The van der Waals surface area contributed by atoms with Crippen molar-refractivity contribution >= 4 is 45.9 Å². The molecule has 2 heterocycles. The van der Waals surface area contributed by atoms with Crippen molar-refractivity contribution in [1.82, 2.24) is 24.6 Å². The van der Waals surface area contributed by atoms with Crippen LogP contribution in [0.5, 0.6) is 6.01 Å². The number of carbonyl (C=O) groups excluding carboxylic acids is 3. The molecular weight excluding hydrogens is 599 g/mol. The van der Waals surface area contributed by atoms with Crippen molar-refractivity contribution in [3.05, 3.63) is 29.8 Å². The van der Waals surface area contributed by atoms with E-state index in [9.17, 15) is 36.0 Å². The van der Waals surface area contributed by atoms with Crippen LogP contribution < -0.4 is 19.7 Å². The van der Waals surface area contributed by atoms with Crippen LogP contribution in [-0.2, 0) is 19.6 Å². The van der Waals surface area contributed by atoms with Crippen LogP contribution in [0, 0.1) is 0 Å². The number of aromatic nitrogens is 3. The number of aldehydes is 1. The highest BCUT2D eigenvalue weighted by Crippen LogP contribution is 2.40. The van der Waals surface area contributed by atoms with E-state index in [0.717, 1.165) is 0 Å². The first kappa shape index (κ1) is 31.7. The van der Waals surface area contributed by atoms with Gasteiger partial charge in [-0.05, 0) is 57.9 Å². The average molecular weight is 630 g/mol. The van der Waals surface area contributed by atoms with Gasteiger partial charge in [-0.2, -0.15) is 28.1 Å². The van der Waals surface area contributed by atoms with Gasteiger partial charge in [0.25, 0.3) is 5.91 Å².